The Labute approximate surface area is 146 Å². The highest BCUT2D eigenvalue weighted by Crippen LogP contribution is 2.41. The molecular formula is C18H22N6O. The van der Waals surface area contributed by atoms with Crippen LogP contribution in [0.5, 0.6) is 0 Å². The number of fused-ring (bicyclic) bond motifs is 2. The second-order valence-corrected chi connectivity index (χ2v) is 7.16. The van der Waals surface area contributed by atoms with Crippen LogP contribution in [0.25, 0.3) is 11.0 Å². The van der Waals surface area contributed by atoms with Crippen LogP contribution in [0, 0.1) is 23.2 Å². The van der Waals surface area contributed by atoms with Crippen molar-refractivity contribution in [3.8, 4) is 6.07 Å². The third-order valence-corrected chi connectivity index (χ3v) is 5.84. The smallest absolute Gasteiger partial charge is 0.236 e. The average molecular weight is 338 g/mol. The quantitative estimate of drug-likeness (QED) is 0.924. The number of piperidine rings is 1. The molecule has 1 aliphatic heterocycles. The molecule has 1 saturated carbocycles. The predicted molar refractivity (Wildman–Crippen MR) is 93.7 cm³/mol. The maximum absolute atomic E-state index is 12.0. The number of hydrogen-bond donors (Lipinski definition) is 1. The minimum atomic E-state index is -0.0254. The van der Waals surface area contributed by atoms with Crippen LogP contribution in [0.3, 0.4) is 0 Å². The molecule has 2 fully saturated rings. The van der Waals surface area contributed by atoms with E-state index in [0.717, 1.165) is 49.2 Å². The number of nitrogens with one attached hydrogen (secondary N) is 1. The minimum Gasteiger partial charge on any atom is -0.356 e. The number of nitrogens with zero attached hydrogens (tertiary/aromatic N) is 5. The fourth-order valence-corrected chi connectivity index (χ4v) is 4.49. The molecule has 1 aliphatic carbocycles. The van der Waals surface area contributed by atoms with Crippen molar-refractivity contribution in [1.82, 2.24) is 19.9 Å². The maximum atomic E-state index is 12.0. The van der Waals surface area contributed by atoms with E-state index in [0.29, 0.717) is 17.9 Å². The molecule has 2 unspecified atom stereocenters. The summed E-state index contributed by atoms with van der Waals surface area (Å²) in [5.41, 5.74) is 0.862. The number of anilines is 1. The SMILES string of the molecule is CN(c1ncnc2[nH]ccc12)C1CC2CCN(C(=O)CC#N)C[C@@H]2C1. The van der Waals surface area contributed by atoms with Gasteiger partial charge in [0, 0.05) is 32.4 Å². The Morgan fingerprint density at radius 2 is 2.28 bits per heavy atom. The van der Waals surface area contributed by atoms with Crippen molar-refractivity contribution in [3.63, 3.8) is 0 Å². The molecule has 1 N–H and O–H groups in total. The second-order valence-electron chi connectivity index (χ2n) is 7.16. The number of nitriles is 1. The number of H-pyrrole nitrogens is 1. The number of likely N-dealkylation sites (tertiary alicyclic amines) is 1. The van der Waals surface area contributed by atoms with Crippen LogP contribution in [0.1, 0.15) is 25.7 Å². The number of aromatic nitrogens is 3. The summed E-state index contributed by atoms with van der Waals surface area (Å²) in [6.45, 7) is 1.58. The first-order chi connectivity index (χ1) is 12.2. The van der Waals surface area contributed by atoms with E-state index in [1.165, 1.54) is 0 Å². The predicted octanol–water partition coefficient (Wildman–Crippen LogP) is 1.93. The first-order valence-electron chi connectivity index (χ1n) is 8.83. The number of carbonyl (C=O) groups is 1. The lowest BCUT2D eigenvalue weighted by atomic mass is 9.88. The molecule has 25 heavy (non-hydrogen) atoms. The molecule has 0 radical (unpaired) electrons. The van der Waals surface area contributed by atoms with Crippen molar-refractivity contribution in [2.45, 2.75) is 31.7 Å². The molecule has 2 aliphatic rings. The third kappa shape index (κ3) is 2.82. The fraction of sp³-hybridized carbons (Fsp3) is 0.556. The van der Waals surface area contributed by atoms with Gasteiger partial charge in [0.05, 0.1) is 11.5 Å². The van der Waals surface area contributed by atoms with E-state index in [1.54, 1.807) is 6.33 Å². The molecule has 3 heterocycles. The molecule has 4 rings (SSSR count). The van der Waals surface area contributed by atoms with Crippen LogP contribution >= 0.6 is 0 Å². The Hall–Kier alpha value is -2.62. The maximum Gasteiger partial charge on any atom is 0.236 e. The van der Waals surface area contributed by atoms with Gasteiger partial charge < -0.3 is 14.8 Å². The Morgan fingerprint density at radius 3 is 3.12 bits per heavy atom. The van der Waals surface area contributed by atoms with E-state index in [9.17, 15) is 4.79 Å². The Bertz CT molecular complexity index is 824. The zero-order valence-corrected chi connectivity index (χ0v) is 14.4. The summed E-state index contributed by atoms with van der Waals surface area (Å²) in [5.74, 6) is 2.12. The van der Waals surface area contributed by atoms with Crippen LogP contribution in [-0.4, -0.2) is 51.9 Å². The minimum absolute atomic E-state index is 0.00682. The normalized spacial score (nSPS) is 25.6. The molecule has 0 spiro atoms. The van der Waals surface area contributed by atoms with Crippen molar-refractivity contribution in [2.75, 3.05) is 25.0 Å². The molecule has 1 amide bonds. The first kappa shape index (κ1) is 15.9. The van der Waals surface area contributed by atoms with Gasteiger partial charge in [0.15, 0.2) is 0 Å². The number of aromatic amines is 1. The van der Waals surface area contributed by atoms with Gasteiger partial charge in [0.25, 0.3) is 0 Å². The molecule has 1 saturated heterocycles. The monoisotopic (exact) mass is 338 g/mol. The number of hydrogen-bond acceptors (Lipinski definition) is 5. The van der Waals surface area contributed by atoms with Gasteiger partial charge in [0.2, 0.25) is 5.91 Å². The van der Waals surface area contributed by atoms with Crippen molar-refractivity contribution >= 4 is 22.8 Å². The van der Waals surface area contributed by atoms with Gasteiger partial charge in [-0.1, -0.05) is 0 Å². The van der Waals surface area contributed by atoms with Gasteiger partial charge >= 0.3 is 0 Å². The number of amides is 1. The highest BCUT2D eigenvalue weighted by Gasteiger charge is 2.40. The molecule has 0 bridgehead atoms. The third-order valence-electron chi connectivity index (χ3n) is 5.84. The summed E-state index contributed by atoms with van der Waals surface area (Å²) >= 11 is 0. The largest absolute Gasteiger partial charge is 0.356 e. The summed E-state index contributed by atoms with van der Waals surface area (Å²) < 4.78 is 0. The molecule has 3 atom stereocenters. The summed E-state index contributed by atoms with van der Waals surface area (Å²) in [6, 6.07) is 4.42. The number of carbonyl (C=O) groups excluding carboxylic acids is 1. The lowest BCUT2D eigenvalue weighted by Crippen LogP contribution is -2.42. The van der Waals surface area contributed by atoms with E-state index in [1.807, 2.05) is 23.2 Å². The van der Waals surface area contributed by atoms with E-state index >= 15 is 0 Å². The first-order valence-corrected chi connectivity index (χ1v) is 8.83. The van der Waals surface area contributed by atoms with Crippen LogP contribution in [0.2, 0.25) is 0 Å². The fourth-order valence-electron chi connectivity index (χ4n) is 4.49. The van der Waals surface area contributed by atoms with Crippen molar-refractivity contribution in [2.24, 2.45) is 11.8 Å². The van der Waals surface area contributed by atoms with Gasteiger partial charge in [-0.05, 0) is 37.2 Å². The standard InChI is InChI=1S/C18H22N6O/c1-23(18-15-3-6-20-17(15)21-11-22-18)14-8-12-4-7-24(10-13(12)9-14)16(25)2-5-19/h3,6,11-14H,2,4,7-10H2,1H3,(H,20,21,22)/t12?,13-,14?/m0/s1. The van der Waals surface area contributed by atoms with Gasteiger partial charge in [0.1, 0.15) is 24.2 Å². The lowest BCUT2D eigenvalue weighted by molar-refractivity contribution is -0.132. The van der Waals surface area contributed by atoms with Crippen molar-refractivity contribution < 1.29 is 4.79 Å². The van der Waals surface area contributed by atoms with E-state index < -0.39 is 0 Å². The second kappa shape index (κ2) is 6.36. The van der Waals surface area contributed by atoms with Gasteiger partial charge in [-0.3, -0.25) is 4.79 Å². The highest BCUT2D eigenvalue weighted by atomic mass is 16.2. The Morgan fingerprint density at radius 1 is 1.44 bits per heavy atom. The summed E-state index contributed by atoms with van der Waals surface area (Å²) in [4.78, 5) is 28.1. The van der Waals surface area contributed by atoms with Crippen LogP contribution < -0.4 is 4.90 Å². The summed E-state index contributed by atoms with van der Waals surface area (Å²) in [6.07, 6.45) is 6.73. The van der Waals surface area contributed by atoms with Gasteiger partial charge in [-0.25, -0.2) is 9.97 Å². The van der Waals surface area contributed by atoms with Crippen molar-refractivity contribution in [1.29, 1.82) is 5.26 Å². The van der Waals surface area contributed by atoms with E-state index in [4.69, 9.17) is 5.26 Å². The lowest BCUT2D eigenvalue weighted by Gasteiger charge is -2.34. The molecule has 130 valence electrons. The van der Waals surface area contributed by atoms with Gasteiger partial charge in [-0.15, -0.1) is 0 Å². The molecular weight excluding hydrogens is 316 g/mol. The topological polar surface area (TPSA) is 88.9 Å². The van der Waals surface area contributed by atoms with Crippen molar-refractivity contribution in [3.05, 3.63) is 18.6 Å². The molecule has 7 heteroatoms. The number of rotatable bonds is 3. The summed E-state index contributed by atoms with van der Waals surface area (Å²) in [7, 11) is 2.11. The van der Waals surface area contributed by atoms with E-state index in [2.05, 4.69) is 26.9 Å². The highest BCUT2D eigenvalue weighted by molar-refractivity contribution is 5.87. The average Bonchev–Trinajstić information content (AvgIpc) is 3.26. The van der Waals surface area contributed by atoms with Crippen LogP contribution in [-0.2, 0) is 4.79 Å². The molecule has 0 aromatic carbocycles. The molecule has 2 aromatic heterocycles. The molecule has 2 aromatic rings. The van der Waals surface area contributed by atoms with Crippen LogP contribution in [0.4, 0.5) is 5.82 Å². The Balaban J connectivity index is 1.48. The van der Waals surface area contributed by atoms with Crippen LogP contribution in [0.15, 0.2) is 18.6 Å². The summed E-state index contributed by atoms with van der Waals surface area (Å²) in [5, 5.41) is 9.79. The Kier molecular flexibility index (Phi) is 4.04. The van der Waals surface area contributed by atoms with Gasteiger partial charge in [-0.2, -0.15) is 5.26 Å². The van der Waals surface area contributed by atoms with E-state index in [-0.39, 0.29) is 12.3 Å². The zero-order chi connectivity index (χ0) is 17.4. The zero-order valence-electron chi connectivity index (χ0n) is 14.4. The molecule has 7 nitrogen and oxygen atoms in total.